The molecule has 2 aromatic carbocycles. The molecule has 0 amide bonds. The number of nitrogens with one attached hydrogen (secondary N) is 1. The predicted molar refractivity (Wildman–Crippen MR) is 83.7 cm³/mol. The summed E-state index contributed by atoms with van der Waals surface area (Å²) in [6.07, 6.45) is 1.77. The van der Waals surface area contributed by atoms with Gasteiger partial charge in [0.15, 0.2) is 0 Å². The number of methoxy groups -OCH3 is 1. The Kier molecular flexibility index (Phi) is 3.60. The van der Waals surface area contributed by atoms with Crippen molar-refractivity contribution in [2.24, 2.45) is 0 Å². The molecule has 0 atom stereocenters. The second kappa shape index (κ2) is 5.71. The number of aromatic nitrogens is 1. The van der Waals surface area contributed by atoms with E-state index in [2.05, 4.69) is 10.3 Å². The van der Waals surface area contributed by atoms with Gasteiger partial charge >= 0.3 is 0 Å². The molecule has 0 fully saturated rings. The Balaban J connectivity index is 1.91. The number of para-hydroxylation sites is 1. The van der Waals surface area contributed by atoms with E-state index in [9.17, 15) is 5.11 Å². The first kappa shape index (κ1) is 13.2. The summed E-state index contributed by atoms with van der Waals surface area (Å²) in [7, 11) is 1.65. The van der Waals surface area contributed by atoms with E-state index in [0.717, 1.165) is 27.9 Å². The number of ether oxygens (including phenoxy) is 1. The number of phenolic OH excluding ortho intramolecular Hbond substituents is 1. The Morgan fingerprint density at radius 2 is 2.00 bits per heavy atom. The molecule has 0 saturated heterocycles. The second-order valence-electron chi connectivity index (χ2n) is 4.73. The fraction of sp³-hybridized carbons (Fsp3) is 0.118. The molecule has 3 aromatic rings. The molecule has 0 radical (unpaired) electrons. The van der Waals surface area contributed by atoms with Crippen LogP contribution in [0, 0.1) is 0 Å². The summed E-state index contributed by atoms with van der Waals surface area (Å²) in [6, 6.07) is 15.1. The monoisotopic (exact) mass is 280 g/mol. The van der Waals surface area contributed by atoms with E-state index < -0.39 is 0 Å². The zero-order valence-electron chi connectivity index (χ0n) is 11.7. The van der Waals surface area contributed by atoms with Crippen LogP contribution in [0.5, 0.6) is 11.5 Å². The van der Waals surface area contributed by atoms with Crippen LogP contribution in [0.1, 0.15) is 5.56 Å². The highest BCUT2D eigenvalue weighted by atomic mass is 16.5. The largest absolute Gasteiger partial charge is 0.508 e. The van der Waals surface area contributed by atoms with Crippen LogP contribution in [0.15, 0.2) is 54.7 Å². The van der Waals surface area contributed by atoms with Crippen molar-refractivity contribution in [3.05, 3.63) is 60.3 Å². The van der Waals surface area contributed by atoms with Crippen LogP contribution in [0.25, 0.3) is 10.8 Å². The smallest absolute Gasteiger partial charge is 0.134 e. The average Bonchev–Trinajstić information content (AvgIpc) is 2.53. The third-order valence-corrected chi connectivity index (χ3v) is 3.41. The van der Waals surface area contributed by atoms with E-state index in [0.29, 0.717) is 6.54 Å². The maximum absolute atomic E-state index is 9.80. The zero-order chi connectivity index (χ0) is 14.7. The Bertz CT molecular complexity index is 772. The standard InChI is InChI=1S/C17H16N2O2/c1-21-14-7-6-12-8-9-18-17(15(12)10-14)19-11-13-4-2-3-5-16(13)20/h2-10,20H,11H2,1H3,(H,18,19). The summed E-state index contributed by atoms with van der Waals surface area (Å²) in [5, 5.41) is 15.2. The Morgan fingerprint density at radius 1 is 1.14 bits per heavy atom. The number of hydrogen-bond donors (Lipinski definition) is 2. The van der Waals surface area contributed by atoms with E-state index in [1.165, 1.54) is 0 Å². The first-order valence-corrected chi connectivity index (χ1v) is 6.71. The number of phenols is 1. The Labute approximate surface area is 123 Å². The van der Waals surface area contributed by atoms with Crippen LogP contribution in [0.3, 0.4) is 0 Å². The molecule has 4 nitrogen and oxygen atoms in total. The fourth-order valence-corrected chi connectivity index (χ4v) is 2.25. The second-order valence-corrected chi connectivity index (χ2v) is 4.73. The number of anilines is 1. The van der Waals surface area contributed by atoms with Gasteiger partial charge in [-0.05, 0) is 29.7 Å². The van der Waals surface area contributed by atoms with Crippen molar-refractivity contribution in [1.29, 1.82) is 0 Å². The van der Waals surface area contributed by atoms with Gasteiger partial charge in [-0.3, -0.25) is 0 Å². The van der Waals surface area contributed by atoms with Crippen LogP contribution in [0.4, 0.5) is 5.82 Å². The van der Waals surface area contributed by atoms with Crippen molar-refractivity contribution in [3.8, 4) is 11.5 Å². The molecule has 0 aliphatic heterocycles. The third-order valence-electron chi connectivity index (χ3n) is 3.41. The summed E-state index contributed by atoms with van der Waals surface area (Å²) in [4.78, 5) is 4.38. The fourth-order valence-electron chi connectivity index (χ4n) is 2.25. The van der Waals surface area contributed by atoms with E-state index in [1.54, 1.807) is 25.4 Å². The van der Waals surface area contributed by atoms with Gasteiger partial charge in [-0.15, -0.1) is 0 Å². The molecule has 0 unspecified atom stereocenters. The van der Waals surface area contributed by atoms with Crippen molar-refractivity contribution >= 4 is 16.6 Å². The minimum atomic E-state index is 0.280. The molecular formula is C17H16N2O2. The lowest BCUT2D eigenvalue weighted by molar-refractivity contribution is 0.415. The normalized spacial score (nSPS) is 10.5. The molecule has 1 heterocycles. The minimum absolute atomic E-state index is 0.280. The SMILES string of the molecule is COc1ccc2ccnc(NCc3ccccc3O)c2c1. The lowest BCUT2D eigenvalue weighted by atomic mass is 10.1. The number of aromatic hydroxyl groups is 1. The highest BCUT2D eigenvalue weighted by molar-refractivity contribution is 5.92. The van der Waals surface area contributed by atoms with Gasteiger partial charge in [0.2, 0.25) is 0 Å². The molecule has 3 rings (SSSR count). The molecule has 0 aliphatic rings. The predicted octanol–water partition coefficient (Wildman–Crippen LogP) is 3.56. The van der Waals surface area contributed by atoms with Crippen LogP contribution in [0.2, 0.25) is 0 Å². The summed E-state index contributed by atoms with van der Waals surface area (Å²) in [6.45, 7) is 0.510. The topological polar surface area (TPSA) is 54.4 Å². The van der Waals surface area contributed by atoms with Gasteiger partial charge in [0.05, 0.1) is 7.11 Å². The summed E-state index contributed by atoms with van der Waals surface area (Å²) < 4.78 is 5.26. The number of pyridine rings is 1. The number of hydrogen-bond acceptors (Lipinski definition) is 4. The highest BCUT2D eigenvalue weighted by Gasteiger charge is 2.05. The number of fused-ring (bicyclic) bond motifs is 1. The van der Waals surface area contributed by atoms with Gasteiger partial charge < -0.3 is 15.2 Å². The maximum Gasteiger partial charge on any atom is 0.134 e. The number of benzene rings is 2. The van der Waals surface area contributed by atoms with Crippen molar-refractivity contribution in [2.45, 2.75) is 6.54 Å². The molecule has 106 valence electrons. The summed E-state index contributed by atoms with van der Waals surface area (Å²) in [5.41, 5.74) is 0.833. The lowest BCUT2D eigenvalue weighted by Crippen LogP contribution is -2.02. The Morgan fingerprint density at radius 3 is 2.81 bits per heavy atom. The van der Waals surface area contributed by atoms with E-state index in [4.69, 9.17) is 4.74 Å². The molecule has 21 heavy (non-hydrogen) atoms. The maximum atomic E-state index is 9.80. The van der Waals surface area contributed by atoms with E-state index in [-0.39, 0.29) is 5.75 Å². The van der Waals surface area contributed by atoms with E-state index in [1.807, 2.05) is 36.4 Å². The summed E-state index contributed by atoms with van der Waals surface area (Å²) in [5.74, 6) is 1.85. The number of nitrogens with zero attached hydrogens (tertiary/aromatic N) is 1. The van der Waals surface area contributed by atoms with Crippen molar-refractivity contribution < 1.29 is 9.84 Å². The van der Waals surface area contributed by atoms with Crippen molar-refractivity contribution in [2.75, 3.05) is 12.4 Å². The molecular weight excluding hydrogens is 264 g/mol. The molecule has 1 aromatic heterocycles. The molecule has 4 heteroatoms. The summed E-state index contributed by atoms with van der Waals surface area (Å²) >= 11 is 0. The lowest BCUT2D eigenvalue weighted by Gasteiger charge is -2.10. The van der Waals surface area contributed by atoms with Crippen LogP contribution in [-0.4, -0.2) is 17.2 Å². The first-order chi connectivity index (χ1) is 10.3. The van der Waals surface area contributed by atoms with Gasteiger partial charge in [0.25, 0.3) is 0 Å². The van der Waals surface area contributed by atoms with Crippen molar-refractivity contribution in [1.82, 2.24) is 4.98 Å². The third kappa shape index (κ3) is 2.74. The van der Waals surface area contributed by atoms with Crippen LogP contribution in [-0.2, 0) is 6.54 Å². The highest BCUT2D eigenvalue weighted by Crippen LogP contribution is 2.26. The van der Waals surface area contributed by atoms with Gasteiger partial charge in [-0.25, -0.2) is 4.98 Å². The van der Waals surface area contributed by atoms with Crippen LogP contribution < -0.4 is 10.1 Å². The Hall–Kier alpha value is -2.75. The quantitative estimate of drug-likeness (QED) is 0.767. The zero-order valence-corrected chi connectivity index (χ0v) is 11.7. The molecule has 2 N–H and O–H groups in total. The molecule has 0 bridgehead atoms. The average molecular weight is 280 g/mol. The van der Waals surface area contributed by atoms with Crippen molar-refractivity contribution in [3.63, 3.8) is 0 Å². The van der Waals surface area contributed by atoms with Gasteiger partial charge in [0, 0.05) is 23.7 Å². The number of rotatable bonds is 4. The molecule has 0 saturated carbocycles. The van der Waals surface area contributed by atoms with Gasteiger partial charge in [-0.2, -0.15) is 0 Å². The minimum Gasteiger partial charge on any atom is -0.508 e. The van der Waals surface area contributed by atoms with Gasteiger partial charge in [-0.1, -0.05) is 24.3 Å². The van der Waals surface area contributed by atoms with Gasteiger partial charge in [0.1, 0.15) is 17.3 Å². The molecule has 0 aliphatic carbocycles. The van der Waals surface area contributed by atoms with Crippen LogP contribution >= 0.6 is 0 Å². The first-order valence-electron chi connectivity index (χ1n) is 6.71. The molecule has 0 spiro atoms. The van der Waals surface area contributed by atoms with E-state index >= 15 is 0 Å².